The van der Waals surface area contributed by atoms with Crippen LogP contribution in [0.4, 0.5) is 0 Å². The smallest absolute Gasteiger partial charge is 0.398 e. The summed E-state index contributed by atoms with van der Waals surface area (Å²) in [5.41, 5.74) is 2.52. The Morgan fingerprint density at radius 1 is 0.643 bits per heavy atom. The zero-order chi connectivity index (χ0) is 20.7. The molecule has 28 heavy (non-hydrogen) atoms. The maximum absolute atomic E-state index is 6.48. The van der Waals surface area contributed by atoms with Gasteiger partial charge >= 0.3 is 8.56 Å². The highest BCUT2D eigenvalue weighted by atomic mass is 28.4. The number of rotatable bonds is 17. The molecule has 162 valence electrons. The molecule has 0 amide bonds. The zero-order valence-electron chi connectivity index (χ0n) is 19.4. The summed E-state index contributed by atoms with van der Waals surface area (Å²) in [7, 11) is -2.13. The first kappa shape index (κ1) is 25.2. The molecule has 0 aliphatic rings. The number of aryl methyl sites for hydroxylation is 2. The standard InChI is InChI=1S/C25H46O2Si/c1-6-9-10-11-12-13-14-15-16-17-18-19-26-28(7-2,8-3)27-25-21-23(4)20-24(5)22-25/h20-22H,6-19H2,1-5H3. The zero-order valence-corrected chi connectivity index (χ0v) is 20.4. The Bertz CT molecular complexity index is 491. The van der Waals surface area contributed by atoms with Gasteiger partial charge in [0.25, 0.3) is 0 Å². The normalized spacial score (nSPS) is 11.8. The third-order valence-electron chi connectivity index (χ3n) is 5.69. The van der Waals surface area contributed by atoms with E-state index in [1.54, 1.807) is 0 Å². The van der Waals surface area contributed by atoms with Gasteiger partial charge in [-0.05, 0) is 55.6 Å². The second kappa shape index (κ2) is 15.1. The molecule has 0 N–H and O–H groups in total. The number of benzene rings is 1. The number of unbranched alkanes of at least 4 members (excludes halogenated alkanes) is 10. The molecule has 0 radical (unpaired) electrons. The summed E-state index contributed by atoms with van der Waals surface area (Å²) >= 11 is 0. The van der Waals surface area contributed by atoms with Crippen molar-refractivity contribution in [2.45, 2.75) is 117 Å². The maximum Gasteiger partial charge on any atom is 0.398 e. The van der Waals surface area contributed by atoms with Crippen molar-refractivity contribution in [1.82, 2.24) is 0 Å². The van der Waals surface area contributed by atoms with E-state index in [2.05, 4.69) is 52.8 Å². The summed E-state index contributed by atoms with van der Waals surface area (Å²) in [5, 5.41) is 0. The lowest BCUT2D eigenvalue weighted by Gasteiger charge is -2.29. The molecular formula is C25H46O2Si. The summed E-state index contributed by atoms with van der Waals surface area (Å²) in [5.74, 6) is 0.992. The Labute approximate surface area is 176 Å². The van der Waals surface area contributed by atoms with Crippen molar-refractivity contribution < 1.29 is 8.85 Å². The Kier molecular flexibility index (Phi) is 13.6. The SMILES string of the molecule is CCCCCCCCCCCCCO[Si](CC)(CC)Oc1cc(C)cc(C)c1. The first-order valence-corrected chi connectivity index (χ1v) is 14.2. The van der Waals surface area contributed by atoms with E-state index in [1.807, 2.05) is 0 Å². The molecule has 0 aliphatic carbocycles. The predicted octanol–water partition coefficient (Wildman–Crippen LogP) is 8.49. The topological polar surface area (TPSA) is 18.5 Å². The molecule has 0 saturated carbocycles. The number of hydrogen-bond acceptors (Lipinski definition) is 2. The fourth-order valence-corrected chi connectivity index (χ4v) is 6.18. The summed E-state index contributed by atoms with van der Waals surface area (Å²) in [6.07, 6.45) is 15.1. The Morgan fingerprint density at radius 2 is 1.11 bits per heavy atom. The molecule has 0 aliphatic heterocycles. The first-order valence-electron chi connectivity index (χ1n) is 12.0. The molecule has 1 aromatic carbocycles. The lowest BCUT2D eigenvalue weighted by Crippen LogP contribution is -2.44. The minimum Gasteiger partial charge on any atom is -0.520 e. The van der Waals surface area contributed by atoms with Gasteiger partial charge in [-0.1, -0.05) is 91.0 Å². The molecule has 3 heteroatoms. The maximum atomic E-state index is 6.48. The minimum absolute atomic E-state index is 0.857. The van der Waals surface area contributed by atoms with E-state index in [4.69, 9.17) is 8.85 Å². The van der Waals surface area contributed by atoms with Crippen LogP contribution in [-0.2, 0) is 4.43 Å². The van der Waals surface area contributed by atoms with Gasteiger partial charge in [0.2, 0.25) is 0 Å². The Hall–Kier alpha value is -0.803. The van der Waals surface area contributed by atoms with E-state index in [9.17, 15) is 0 Å². The van der Waals surface area contributed by atoms with Crippen LogP contribution in [0.3, 0.4) is 0 Å². The molecule has 1 aromatic rings. The second-order valence-electron chi connectivity index (χ2n) is 8.43. The van der Waals surface area contributed by atoms with Gasteiger partial charge in [-0.2, -0.15) is 0 Å². The van der Waals surface area contributed by atoms with Crippen LogP contribution in [0.2, 0.25) is 12.1 Å². The molecule has 0 spiro atoms. The van der Waals surface area contributed by atoms with Gasteiger partial charge in [-0.25, -0.2) is 0 Å². The Balaban J connectivity index is 2.21. The van der Waals surface area contributed by atoms with E-state index in [-0.39, 0.29) is 0 Å². The molecule has 0 heterocycles. The third kappa shape index (κ3) is 10.7. The van der Waals surface area contributed by atoms with Crippen molar-refractivity contribution in [1.29, 1.82) is 0 Å². The van der Waals surface area contributed by atoms with Crippen LogP contribution in [0, 0.1) is 13.8 Å². The van der Waals surface area contributed by atoms with Gasteiger partial charge in [0.1, 0.15) is 5.75 Å². The fraction of sp³-hybridized carbons (Fsp3) is 0.760. The van der Waals surface area contributed by atoms with Crippen LogP contribution in [0.5, 0.6) is 5.75 Å². The highest BCUT2D eigenvalue weighted by Gasteiger charge is 2.35. The molecule has 0 aromatic heterocycles. The van der Waals surface area contributed by atoms with E-state index >= 15 is 0 Å². The summed E-state index contributed by atoms with van der Waals surface area (Å²) < 4.78 is 12.9. The lowest BCUT2D eigenvalue weighted by molar-refractivity contribution is 0.230. The molecule has 0 saturated heterocycles. The first-order chi connectivity index (χ1) is 13.5. The summed E-state index contributed by atoms with van der Waals surface area (Å²) in [6, 6.07) is 8.50. The summed E-state index contributed by atoms with van der Waals surface area (Å²) in [4.78, 5) is 0. The van der Waals surface area contributed by atoms with E-state index in [1.165, 1.54) is 81.8 Å². The quantitative estimate of drug-likeness (QED) is 0.191. The van der Waals surface area contributed by atoms with Crippen molar-refractivity contribution in [3.05, 3.63) is 29.3 Å². The molecule has 0 atom stereocenters. The molecular weight excluding hydrogens is 360 g/mol. The van der Waals surface area contributed by atoms with Crippen molar-refractivity contribution in [3.63, 3.8) is 0 Å². The van der Waals surface area contributed by atoms with Gasteiger partial charge in [0.05, 0.1) is 0 Å². The van der Waals surface area contributed by atoms with Crippen molar-refractivity contribution >= 4 is 8.56 Å². The van der Waals surface area contributed by atoms with Gasteiger partial charge < -0.3 is 8.85 Å². The van der Waals surface area contributed by atoms with Gasteiger partial charge in [-0.3, -0.25) is 0 Å². The highest BCUT2D eigenvalue weighted by molar-refractivity contribution is 6.68. The van der Waals surface area contributed by atoms with E-state index in [0.717, 1.165) is 24.4 Å². The summed E-state index contributed by atoms with van der Waals surface area (Å²) in [6.45, 7) is 11.8. The fourth-order valence-electron chi connectivity index (χ4n) is 3.86. The van der Waals surface area contributed by atoms with Crippen LogP contribution in [0.25, 0.3) is 0 Å². The average Bonchev–Trinajstić information content (AvgIpc) is 2.67. The van der Waals surface area contributed by atoms with Crippen LogP contribution in [0.1, 0.15) is 103 Å². The molecule has 0 unspecified atom stereocenters. The van der Waals surface area contributed by atoms with Gasteiger partial charge in [-0.15, -0.1) is 0 Å². The van der Waals surface area contributed by atoms with Gasteiger partial charge in [0, 0.05) is 6.61 Å². The lowest BCUT2D eigenvalue weighted by atomic mass is 10.1. The third-order valence-corrected chi connectivity index (χ3v) is 9.18. The average molecular weight is 407 g/mol. The van der Waals surface area contributed by atoms with Gasteiger partial charge in [0.15, 0.2) is 0 Å². The predicted molar refractivity (Wildman–Crippen MR) is 126 cm³/mol. The molecule has 0 fully saturated rings. The van der Waals surface area contributed by atoms with Crippen LogP contribution >= 0.6 is 0 Å². The van der Waals surface area contributed by atoms with Crippen molar-refractivity contribution in [2.75, 3.05) is 6.61 Å². The largest absolute Gasteiger partial charge is 0.520 e. The molecule has 2 nitrogen and oxygen atoms in total. The van der Waals surface area contributed by atoms with E-state index in [0.29, 0.717) is 0 Å². The van der Waals surface area contributed by atoms with Crippen molar-refractivity contribution in [2.24, 2.45) is 0 Å². The Morgan fingerprint density at radius 3 is 1.57 bits per heavy atom. The van der Waals surface area contributed by atoms with Crippen LogP contribution < -0.4 is 4.43 Å². The molecule has 0 bridgehead atoms. The van der Waals surface area contributed by atoms with Crippen LogP contribution in [-0.4, -0.2) is 15.2 Å². The monoisotopic (exact) mass is 406 g/mol. The second-order valence-corrected chi connectivity index (χ2v) is 12.2. The minimum atomic E-state index is -2.13. The van der Waals surface area contributed by atoms with Crippen LogP contribution in [0.15, 0.2) is 18.2 Å². The number of hydrogen-bond donors (Lipinski definition) is 0. The van der Waals surface area contributed by atoms with Crippen molar-refractivity contribution in [3.8, 4) is 5.75 Å². The molecule has 1 rings (SSSR count). The van der Waals surface area contributed by atoms with E-state index < -0.39 is 8.56 Å². The highest BCUT2D eigenvalue weighted by Crippen LogP contribution is 2.25.